The van der Waals surface area contributed by atoms with Crippen LogP contribution < -0.4 is 5.32 Å². The van der Waals surface area contributed by atoms with Crippen molar-refractivity contribution in [3.05, 3.63) is 46.5 Å². The van der Waals surface area contributed by atoms with E-state index < -0.39 is 0 Å². The monoisotopic (exact) mass is 395 g/mol. The number of rotatable bonds is 4. The average molecular weight is 395 g/mol. The number of fused-ring (bicyclic) bond motifs is 1. The third-order valence-corrected chi connectivity index (χ3v) is 5.29. The molecule has 0 unspecified atom stereocenters. The molecule has 7 nitrogen and oxygen atoms in total. The van der Waals surface area contributed by atoms with Crippen LogP contribution in [0.3, 0.4) is 0 Å². The van der Waals surface area contributed by atoms with Gasteiger partial charge in [0, 0.05) is 22.7 Å². The second-order valence-electron chi connectivity index (χ2n) is 7.03. The van der Waals surface area contributed by atoms with Gasteiger partial charge in [0.2, 0.25) is 0 Å². The lowest BCUT2D eigenvalue weighted by atomic mass is 10.1. The van der Waals surface area contributed by atoms with Crippen molar-refractivity contribution in [2.45, 2.75) is 40.7 Å². The maximum Gasteiger partial charge on any atom is 0.258 e. The molecule has 0 aliphatic carbocycles. The largest absolute Gasteiger partial charge is 0.466 e. The molecule has 0 aromatic carbocycles. The zero-order chi connectivity index (χ0) is 20.0. The molecule has 0 aliphatic rings. The molecule has 4 aromatic heterocycles. The number of hydrogen-bond acceptors (Lipinski definition) is 6. The van der Waals surface area contributed by atoms with Crippen LogP contribution in [0.15, 0.2) is 28.9 Å². The summed E-state index contributed by atoms with van der Waals surface area (Å²) in [6.07, 6.45) is 3.43. The minimum atomic E-state index is -0.232. The van der Waals surface area contributed by atoms with Crippen LogP contribution in [0.25, 0.3) is 22.3 Å². The zero-order valence-corrected chi connectivity index (χ0v) is 17.2. The summed E-state index contributed by atoms with van der Waals surface area (Å²) < 4.78 is 7.49. The number of amides is 1. The van der Waals surface area contributed by atoms with Crippen molar-refractivity contribution in [3.8, 4) is 11.3 Å². The molecule has 4 rings (SSSR count). The van der Waals surface area contributed by atoms with Crippen molar-refractivity contribution in [1.82, 2.24) is 19.7 Å². The summed E-state index contributed by atoms with van der Waals surface area (Å²) in [4.78, 5) is 23.1. The lowest BCUT2D eigenvalue weighted by Gasteiger charge is -2.10. The third kappa shape index (κ3) is 3.20. The third-order valence-electron chi connectivity index (χ3n) is 4.46. The average Bonchev–Trinajstić information content (AvgIpc) is 3.32. The van der Waals surface area contributed by atoms with Gasteiger partial charge >= 0.3 is 0 Å². The normalized spacial score (nSPS) is 11.5. The lowest BCUT2D eigenvalue weighted by Crippen LogP contribution is -2.13. The van der Waals surface area contributed by atoms with E-state index in [1.54, 1.807) is 18.5 Å². The first kappa shape index (κ1) is 18.4. The maximum absolute atomic E-state index is 13.1. The van der Waals surface area contributed by atoms with E-state index in [4.69, 9.17) is 9.40 Å². The van der Waals surface area contributed by atoms with Crippen LogP contribution in [-0.4, -0.2) is 25.7 Å². The van der Waals surface area contributed by atoms with Crippen LogP contribution in [0.2, 0.25) is 0 Å². The Bertz CT molecular complexity index is 1180. The van der Waals surface area contributed by atoms with E-state index in [0.717, 1.165) is 22.0 Å². The summed E-state index contributed by atoms with van der Waals surface area (Å²) >= 11 is 1.44. The number of anilines is 1. The molecule has 0 spiro atoms. The molecule has 0 atom stereocenters. The van der Waals surface area contributed by atoms with Crippen LogP contribution >= 0.6 is 11.3 Å². The van der Waals surface area contributed by atoms with Crippen LogP contribution in [0.5, 0.6) is 0 Å². The molecule has 0 saturated heterocycles. The highest BCUT2D eigenvalue weighted by molar-refractivity contribution is 7.15. The molecule has 28 heavy (non-hydrogen) atoms. The molecule has 4 aromatic rings. The molecule has 0 saturated carbocycles. The molecule has 0 aliphatic heterocycles. The van der Waals surface area contributed by atoms with Gasteiger partial charge in [-0.25, -0.2) is 14.6 Å². The van der Waals surface area contributed by atoms with E-state index in [-0.39, 0.29) is 11.9 Å². The SMILES string of the molecule is Cc1cc(-c2cc(C(=O)Nc3ncc(C)s3)c3cnn(C(C)C)c3n2)c(C)o1. The predicted molar refractivity (Wildman–Crippen MR) is 110 cm³/mol. The van der Waals surface area contributed by atoms with Gasteiger partial charge in [0.15, 0.2) is 10.8 Å². The molecule has 4 heterocycles. The number of pyridine rings is 1. The molecule has 1 N–H and O–H groups in total. The van der Waals surface area contributed by atoms with Crippen LogP contribution in [0.4, 0.5) is 5.13 Å². The van der Waals surface area contributed by atoms with Crippen LogP contribution in [0.1, 0.15) is 46.6 Å². The number of nitrogens with zero attached hydrogens (tertiary/aromatic N) is 4. The van der Waals surface area contributed by atoms with Gasteiger partial charge in [-0.05, 0) is 46.8 Å². The number of nitrogens with one attached hydrogen (secondary N) is 1. The molecular formula is C20H21N5O2S. The second kappa shape index (κ2) is 6.87. The lowest BCUT2D eigenvalue weighted by molar-refractivity contribution is 0.102. The first-order chi connectivity index (χ1) is 13.3. The summed E-state index contributed by atoms with van der Waals surface area (Å²) in [5.41, 5.74) is 2.74. The van der Waals surface area contributed by atoms with Crippen LogP contribution in [0, 0.1) is 20.8 Å². The summed E-state index contributed by atoms with van der Waals surface area (Å²) in [5.74, 6) is 1.34. The van der Waals surface area contributed by atoms with E-state index in [2.05, 4.69) is 15.4 Å². The van der Waals surface area contributed by atoms with Crippen molar-refractivity contribution < 1.29 is 9.21 Å². The fourth-order valence-corrected chi connectivity index (χ4v) is 3.84. The van der Waals surface area contributed by atoms with Gasteiger partial charge in [0.25, 0.3) is 5.91 Å². The number of thiazole rings is 1. The van der Waals surface area contributed by atoms with Crippen LogP contribution in [-0.2, 0) is 0 Å². The number of hydrogen-bond donors (Lipinski definition) is 1. The number of furan rings is 1. The fraction of sp³-hybridized carbons (Fsp3) is 0.300. The Morgan fingerprint density at radius 1 is 1.21 bits per heavy atom. The minimum absolute atomic E-state index is 0.116. The molecule has 0 bridgehead atoms. The molecule has 0 radical (unpaired) electrons. The van der Waals surface area contributed by atoms with Crippen molar-refractivity contribution >= 4 is 33.4 Å². The van der Waals surface area contributed by atoms with Gasteiger partial charge in [-0.3, -0.25) is 10.1 Å². The highest BCUT2D eigenvalue weighted by atomic mass is 32.1. The van der Waals surface area contributed by atoms with E-state index in [9.17, 15) is 4.79 Å². The van der Waals surface area contributed by atoms with Crippen molar-refractivity contribution in [2.24, 2.45) is 0 Å². The molecule has 144 valence electrons. The standard InChI is InChI=1S/C20H21N5O2S/c1-10(2)25-18-16(9-22-25)15(19(26)24-20-21-8-12(4)28-20)7-17(23-18)14-6-11(3)27-13(14)5/h6-10H,1-5H3,(H,21,24,26). The van der Waals surface area contributed by atoms with E-state index in [1.807, 2.05) is 45.4 Å². The number of aryl methyl sites for hydroxylation is 3. The van der Waals surface area contributed by atoms with Gasteiger partial charge in [0.05, 0.1) is 22.8 Å². The Hall–Kier alpha value is -3.00. The van der Waals surface area contributed by atoms with Gasteiger partial charge in [-0.1, -0.05) is 0 Å². The van der Waals surface area contributed by atoms with E-state index in [1.165, 1.54) is 11.3 Å². The zero-order valence-electron chi connectivity index (χ0n) is 16.4. The summed E-state index contributed by atoms with van der Waals surface area (Å²) in [6, 6.07) is 3.85. The van der Waals surface area contributed by atoms with Crippen molar-refractivity contribution in [3.63, 3.8) is 0 Å². The van der Waals surface area contributed by atoms with Crippen molar-refractivity contribution in [1.29, 1.82) is 0 Å². The Balaban J connectivity index is 1.88. The smallest absolute Gasteiger partial charge is 0.258 e. The Morgan fingerprint density at radius 3 is 2.61 bits per heavy atom. The fourth-order valence-electron chi connectivity index (χ4n) is 3.18. The van der Waals surface area contributed by atoms with Gasteiger partial charge in [0.1, 0.15) is 11.5 Å². The summed E-state index contributed by atoms with van der Waals surface area (Å²) in [6.45, 7) is 9.81. The Morgan fingerprint density at radius 2 is 2.00 bits per heavy atom. The minimum Gasteiger partial charge on any atom is -0.466 e. The predicted octanol–water partition coefficient (Wildman–Crippen LogP) is 4.91. The molecule has 1 amide bonds. The van der Waals surface area contributed by atoms with Crippen molar-refractivity contribution in [2.75, 3.05) is 5.32 Å². The number of carbonyl (C=O) groups excluding carboxylic acids is 1. The van der Waals surface area contributed by atoms with E-state index in [0.29, 0.717) is 27.4 Å². The molecular weight excluding hydrogens is 374 g/mol. The number of aromatic nitrogens is 4. The first-order valence-corrected chi connectivity index (χ1v) is 9.84. The van der Waals surface area contributed by atoms with Gasteiger partial charge in [-0.15, -0.1) is 11.3 Å². The maximum atomic E-state index is 13.1. The number of carbonyl (C=O) groups is 1. The molecule has 8 heteroatoms. The highest BCUT2D eigenvalue weighted by Crippen LogP contribution is 2.30. The quantitative estimate of drug-likeness (QED) is 0.531. The molecule has 0 fully saturated rings. The summed E-state index contributed by atoms with van der Waals surface area (Å²) in [7, 11) is 0. The topological polar surface area (TPSA) is 85.8 Å². The van der Waals surface area contributed by atoms with Gasteiger partial charge < -0.3 is 4.42 Å². The Kier molecular flexibility index (Phi) is 4.50. The second-order valence-corrected chi connectivity index (χ2v) is 8.27. The highest BCUT2D eigenvalue weighted by Gasteiger charge is 2.21. The summed E-state index contributed by atoms with van der Waals surface area (Å²) in [5, 5.41) is 8.62. The first-order valence-electron chi connectivity index (χ1n) is 9.03. The van der Waals surface area contributed by atoms with Gasteiger partial charge in [-0.2, -0.15) is 5.10 Å². The van der Waals surface area contributed by atoms with E-state index >= 15 is 0 Å². The Labute approximate surface area is 166 Å².